The van der Waals surface area contributed by atoms with Gasteiger partial charge in [-0.25, -0.2) is 0 Å². The average molecular weight is 380 g/mol. The summed E-state index contributed by atoms with van der Waals surface area (Å²) in [4.78, 5) is 26.4. The van der Waals surface area contributed by atoms with Gasteiger partial charge in [0, 0.05) is 23.9 Å². The Morgan fingerprint density at radius 3 is 2.63 bits per heavy atom. The van der Waals surface area contributed by atoms with Gasteiger partial charge in [-0.1, -0.05) is 19.9 Å². The number of alkyl halides is 3. The maximum atomic E-state index is 13.2. The number of hydrogen-bond acceptors (Lipinski definition) is 4. The quantitative estimate of drug-likeness (QED) is 0.741. The molecule has 1 saturated heterocycles. The molecule has 1 atom stereocenters. The summed E-state index contributed by atoms with van der Waals surface area (Å²) in [6, 6.07) is 3.01. The van der Waals surface area contributed by atoms with Crippen LogP contribution < -0.4 is 0 Å². The number of furan rings is 1. The molecule has 27 heavy (non-hydrogen) atoms. The molecule has 2 aliphatic rings. The maximum absolute atomic E-state index is 13.2. The van der Waals surface area contributed by atoms with Crippen LogP contribution in [-0.2, 0) is 11.0 Å². The number of halogens is 3. The van der Waals surface area contributed by atoms with Gasteiger partial charge in [0.1, 0.15) is 11.8 Å². The largest absolute Gasteiger partial charge is 0.456 e. The predicted molar refractivity (Wildman–Crippen MR) is 88.5 cm³/mol. The molecule has 1 aromatic heterocycles. The van der Waals surface area contributed by atoms with E-state index in [0.717, 1.165) is 6.07 Å². The highest BCUT2D eigenvalue weighted by molar-refractivity contribution is 6.04. The van der Waals surface area contributed by atoms with Gasteiger partial charge >= 0.3 is 6.18 Å². The zero-order valence-corrected chi connectivity index (χ0v) is 15.2. The molecule has 1 aliphatic heterocycles. The first-order valence-corrected chi connectivity index (χ1v) is 8.53. The minimum atomic E-state index is -4.76. The third-order valence-electron chi connectivity index (χ3n) is 5.24. The summed E-state index contributed by atoms with van der Waals surface area (Å²) in [6.45, 7) is 5.25. The van der Waals surface area contributed by atoms with E-state index in [1.165, 1.54) is 11.8 Å². The van der Waals surface area contributed by atoms with Gasteiger partial charge in [-0.3, -0.25) is 9.59 Å². The minimum absolute atomic E-state index is 0.00986. The average Bonchev–Trinajstić information content (AvgIpc) is 3.14. The normalized spacial score (nSPS) is 24.9. The van der Waals surface area contributed by atoms with Crippen molar-refractivity contribution in [2.45, 2.75) is 39.8 Å². The number of carbonyl (C=O) groups excluding carboxylic acids is 2. The fraction of sp³-hybridized carbons (Fsp3) is 0.526. The molecule has 5 nitrogen and oxygen atoms in total. The molecular formula is C19H19F3N2O3. The molecule has 1 aromatic rings. The lowest BCUT2D eigenvalue weighted by Crippen LogP contribution is -2.40. The Morgan fingerprint density at radius 1 is 1.37 bits per heavy atom. The zero-order valence-electron chi connectivity index (χ0n) is 15.2. The zero-order chi connectivity index (χ0) is 20.2. The summed E-state index contributed by atoms with van der Waals surface area (Å²) in [5.74, 6) is -2.28. The SMILES string of the molecule is Cc1cc(C(=O)N2CCC3(C=C(C#N)C(=O)C(C)(C)C3)C2)c(C(F)(F)F)o1. The van der Waals surface area contributed by atoms with Crippen molar-refractivity contribution < 1.29 is 27.2 Å². The van der Waals surface area contributed by atoms with Gasteiger partial charge in [0.25, 0.3) is 5.91 Å². The van der Waals surface area contributed by atoms with Crippen molar-refractivity contribution in [3.8, 4) is 6.07 Å². The highest BCUT2D eigenvalue weighted by Crippen LogP contribution is 2.48. The molecule has 2 heterocycles. The summed E-state index contributed by atoms with van der Waals surface area (Å²) >= 11 is 0. The van der Waals surface area contributed by atoms with Crippen LogP contribution in [0, 0.1) is 29.1 Å². The van der Waals surface area contributed by atoms with Gasteiger partial charge in [0.15, 0.2) is 5.78 Å². The number of nitriles is 1. The van der Waals surface area contributed by atoms with Crippen molar-refractivity contribution in [2.24, 2.45) is 10.8 Å². The smallest absolute Gasteiger partial charge is 0.450 e. The maximum Gasteiger partial charge on any atom is 0.450 e. The fourth-order valence-electron chi connectivity index (χ4n) is 4.22. The van der Waals surface area contributed by atoms with E-state index in [2.05, 4.69) is 0 Å². The lowest BCUT2D eigenvalue weighted by molar-refractivity contribution is -0.153. The van der Waals surface area contributed by atoms with Crippen molar-refractivity contribution in [1.82, 2.24) is 4.90 Å². The predicted octanol–water partition coefficient (Wildman–Crippen LogP) is 3.89. The molecule has 0 radical (unpaired) electrons. The number of nitrogens with zero attached hydrogens (tertiary/aromatic N) is 2. The van der Waals surface area contributed by atoms with Gasteiger partial charge in [0.05, 0.1) is 11.1 Å². The molecule has 0 N–H and O–H groups in total. The molecule has 8 heteroatoms. The standard InChI is InChI=1S/C19H19F3N2O3/c1-11-6-13(15(27-11)19(20,21)22)16(26)24-5-4-18(10-24)7-12(8-23)14(25)17(2,3)9-18/h6-7H,4-5,9-10H2,1-3H3. The van der Waals surface area contributed by atoms with Crippen molar-refractivity contribution in [1.29, 1.82) is 5.26 Å². The molecule has 1 amide bonds. The van der Waals surface area contributed by atoms with Gasteiger partial charge in [-0.05, 0) is 25.8 Å². The van der Waals surface area contributed by atoms with Crippen molar-refractivity contribution >= 4 is 11.7 Å². The van der Waals surface area contributed by atoms with Crippen LogP contribution in [-0.4, -0.2) is 29.7 Å². The Bertz CT molecular complexity index is 889. The number of Topliss-reactive ketones (excluding diaryl/α,β-unsaturated/α-hetero) is 1. The third kappa shape index (κ3) is 3.27. The number of aryl methyl sites for hydroxylation is 1. The van der Waals surface area contributed by atoms with E-state index in [0.29, 0.717) is 12.8 Å². The number of carbonyl (C=O) groups is 2. The monoisotopic (exact) mass is 380 g/mol. The molecule has 0 aromatic carbocycles. The lowest BCUT2D eigenvalue weighted by Gasteiger charge is -2.38. The van der Waals surface area contributed by atoms with Crippen molar-refractivity contribution in [3.05, 3.63) is 34.8 Å². The summed E-state index contributed by atoms with van der Waals surface area (Å²) in [7, 11) is 0. The lowest BCUT2D eigenvalue weighted by atomic mass is 9.64. The number of ketones is 1. The van der Waals surface area contributed by atoms with Gasteiger partial charge in [-0.2, -0.15) is 18.4 Å². The Hall–Kier alpha value is -2.56. The van der Waals surface area contributed by atoms with Crippen LogP contribution >= 0.6 is 0 Å². The topological polar surface area (TPSA) is 74.3 Å². The number of rotatable bonds is 1. The van der Waals surface area contributed by atoms with Crippen LogP contribution in [0.25, 0.3) is 0 Å². The first-order valence-electron chi connectivity index (χ1n) is 8.53. The summed E-state index contributed by atoms with van der Waals surface area (Å²) in [5, 5.41) is 9.26. The molecule has 1 unspecified atom stereocenters. The molecule has 144 valence electrons. The van der Waals surface area contributed by atoms with Crippen molar-refractivity contribution in [3.63, 3.8) is 0 Å². The van der Waals surface area contributed by atoms with Crippen LogP contribution in [0.4, 0.5) is 13.2 Å². The Balaban J connectivity index is 1.91. The molecule has 0 bridgehead atoms. The van der Waals surface area contributed by atoms with E-state index >= 15 is 0 Å². The number of likely N-dealkylation sites (tertiary alicyclic amines) is 1. The highest BCUT2D eigenvalue weighted by Gasteiger charge is 2.50. The van der Waals surface area contributed by atoms with Gasteiger partial charge in [0.2, 0.25) is 5.76 Å². The molecule has 1 spiro atoms. The highest BCUT2D eigenvalue weighted by atomic mass is 19.4. The van der Waals surface area contributed by atoms with Gasteiger partial charge in [-0.15, -0.1) is 0 Å². The number of allylic oxidation sites excluding steroid dienone is 1. The Labute approximate surface area is 154 Å². The van der Waals surface area contributed by atoms with E-state index in [-0.39, 0.29) is 30.2 Å². The molecule has 0 saturated carbocycles. The Kier molecular flexibility index (Phi) is 4.25. The Morgan fingerprint density at radius 2 is 2.04 bits per heavy atom. The van der Waals surface area contributed by atoms with E-state index in [9.17, 15) is 28.0 Å². The van der Waals surface area contributed by atoms with E-state index in [1.807, 2.05) is 6.07 Å². The second kappa shape index (κ2) is 5.98. The van der Waals surface area contributed by atoms with Gasteiger partial charge < -0.3 is 9.32 Å². The van der Waals surface area contributed by atoms with Crippen LogP contribution in [0.1, 0.15) is 48.6 Å². The summed E-state index contributed by atoms with van der Waals surface area (Å²) in [6.07, 6.45) is -2.24. The van der Waals surface area contributed by atoms with Crippen LogP contribution in [0.3, 0.4) is 0 Å². The first-order chi connectivity index (χ1) is 12.4. The number of amides is 1. The molecule has 3 rings (SSSR count). The van der Waals surface area contributed by atoms with E-state index < -0.39 is 34.2 Å². The summed E-state index contributed by atoms with van der Waals surface area (Å²) in [5.41, 5.74) is -1.80. The molecule has 1 aliphatic carbocycles. The van der Waals surface area contributed by atoms with Crippen LogP contribution in [0.2, 0.25) is 0 Å². The number of hydrogen-bond donors (Lipinski definition) is 0. The van der Waals surface area contributed by atoms with Crippen LogP contribution in [0.15, 0.2) is 22.1 Å². The minimum Gasteiger partial charge on any atom is -0.456 e. The van der Waals surface area contributed by atoms with Crippen molar-refractivity contribution in [2.75, 3.05) is 13.1 Å². The molecular weight excluding hydrogens is 361 g/mol. The van der Waals surface area contributed by atoms with E-state index in [4.69, 9.17) is 4.42 Å². The first kappa shape index (κ1) is 19.2. The summed E-state index contributed by atoms with van der Waals surface area (Å²) < 4.78 is 44.2. The second-order valence-corrected chi connectivity index (χ2v) is 8.00. The van der Waals surface area contributed by atoms with Crippen LogP contribution in [0.5, 0.6) is 0 Å². The fourth-order valence-corrected chi connectivity index (χ4v) is 4.22. The second-order valence-electron chi connectivity index (χ2n) is 8.00. The van der Waals surface area contributed by atoms with E-state index in [1.54, 1.807) is 19.9 Å². The third-order valence-corrected chi connectivity index (χ3v) is 5.24. The molecule has 1 fully saturated rings.